The maximum absolute atomic E-state index is 12.3. The van der Waals surface area contributed by atoms with Crippen molar-refractivity contribution in [3.63, 3.8) is 0 Å². The Bertz CT molecular complexity index is 1400. The number of nitrogens with one attached hydrogen (secondary N) is 1. The summed E-state index contributed by atoms with van der Waals surface area (Å²) in [6.07, 6.45) is 1.24. The van der Waals surface area contributed by atoms with Gasteiger partial charge in [-0.05, 0) is 58.7 Å². The van der Waals surface area contributed by atoms with Crippen LogP contribution in [0.5, 0.6) is 17.2 Å². The minimum atomic E-state index is -3.86. The fourth-order valence-corrected chi connectivity index (χ4v) is 4.16. The lowest BCUT2D eigenvalue weighted by atomic mass is 10.2. The van der Waals surface area contributed by atoms with Crippen LogP contribution in [-0.2, 0) is 10.0 Å². The van der Waals surface area contributed by atoms with Crippen molar-refractivity contribution in [1.29, 1.82) is 0 Å². The molecule has 0 atom stereocenters. The summed E-state index contributed by atoms with van der Waals surface area (Å²) in [6, 6.07) is 13.7. The number of benzene rings is 3. The molecule has 182 valence electrons. The number of non-ortho nitro benzene ring substituents is 1. The maximum Gasteiger partial charge on any atom is 0.318 e. The van der Waals surface area contributed by atoms with Crippen LogP contribution in [0.15, 0.2) is 75.1 Å². The summed E-state index contributed by atoms with van der Waals surface area (Å²) in [7, 11) is -3.86. The van der Waals surface area contributed by atoms with E-state index in [9.17, 15) is 28.6 Å². The van der Waals surface area contributed by atoms with Crippen LogP contribution >= 0.6 is 15.9 Å². The Kier molecular flexibility index (Phi) is 7.98. The lowest BCUT2D eigenvalue weighted by Crippen LogP contribution is -2.18. The summed E-state index contributed by atoms with van der Waals surface area (Å²) in [4.78, 5) is 23.0. The number of nitro benzene ring substituents is 2. The van der Waals surface area contributed by atoms with Crippen LogP contribution in [0, 0.1) is 20.2 Å². The summed E-state index contributed by atoms with van der Waals surface area (Å²) >= 11 is 3.31. The molecule has 3 rings (SSSR count). The zero-order valence-corrected chi connectivity index (χ0v) is 20.4. The van der Waals surface area contributed by atoms with Crippen molar-refractivity contribution in [2.75, 3.05) is 6.61 Å². The highest BCUT2D eigenvalue weighted by Gasteiger charge is 2.23. The van der Waals surface area contributed by atoms with E-state index >= 15 is 0 Å². The quantitative estimate of drug-likeness (QED) is 0.209. The highest BCUT2D eigenvalue weighted by Crippen LogP contribution is 2.42. The summed E-state index contributed by atoms with van der Waals surface area (Å²) in [5.41, 5.74) is -0.645. The molecular weight excluding hydrogens is 548 g/mol. The molecule has 3 aromatic rings. The third kappa shape index (κ3) is 6.30. The van der Waals surface area contributed by atoms with Crippen molar-refractivity contribution < 1.29 is 27.7 Å². The molecule has 0 fully saturated rings. The van der Waals surface area contributed by atoms with Gasteiger partial charge in [0.1, 0.15) is 0 Å². The summed E-state index contributed by atoms with van der Waals surface area (Å²) in [5, 5.41) is 26.2. The first-order valence-electron chi connectivity index (χ1n) is 9.79. The molecule has 0 aliphatic carbocycles. The SMILES string of the molecule is CCOc1cc(/C=N\NS(=O)(=O)c2ccccc2)cc(Br)c1Oc1ccc([N+](=O)[O-])cc1[N+](=O)[O-]. The monoisotopic (exact) mass is 564 g/mol. The standard InChI is InChI=1S/C21H17BrN4O8S/c1-2-33-20-11-14(13-23-24-35(31,32)16-6-4-3-5-7-16)10-17(22)21(20)34-19-9-8-15(25(27)28)12-18(19)26(29)30/h3-13,24H,2H2,1H3/b23-13-. The molecule has 3 aromatic carbocycles. The van der Waals surface area contributed by atoms with Gasteiger partial charge in [-0.1, -0.05) is 18.2 Å². The second-order valence-corrected chi connectivity index (χ2v) is 9.21. The van der Waals surface area contributed by atoms with Crippen molar-refractivity contribution in [2.24, 2.45) is 5.10 Å². The molecule has 0 aliphatic heterocycles. The largest absolute Gasteiger partial charge is 0.490 e. The van der Waals surface area contributed by atoms with Gasteiger partial charge in [-0.3, -0.25) is 20.2 Å². The number of hydrogen-bond acceptors (Lipinski definition) is 9. The number of ether oxygens (including phenoxy) is 2. The van der Waals surface area contributed by atoms with Gasteiger partial charge in [0, 0.05) is 6.07 Å². The molecule has 1 N–H and O–H groups in total. The Morgan fingerprint density at radius 3 is 2.37 bits per heavy atom. The second kappa shape index (κ2) is 10.9. The summed E-state index contributed by atoms with van der Waals surface area (Å²) in [6.45, 7) is 1.92. The van der Waals surface area contributed by atoms with Crippen molar-refractivity contribution in [3.8, 4) is 17.2 Å². The van der Waals surface area contributed by atoms with Crippen molar-refractivity contribution >= 4 is 43.5 Å². The highest BCUT2D eigenvalue weighted by molar-refractivity contribution is 9.10. The average Bonchev–Trinajstić information content (AvgIpc) is 2.81. The van der Waals surface area contributed by atoms with Gasteiger partial charge in [-0.15, -0.1) is 0 Å². The van der Waals surface area contributed by atoms with Crippen molar-refractivity contribution in [2.45, 2.75) is 11.8 Å². The van der Waals surface area contributed by atoms with Gasteiger partial charge in [-0.2, -0.15) is 13.5 Å². The van der Waals surface area contributed by atoms with E-state index in [1.165, 1.54) is 30.5 Å². The van der Waals surface area contributed by atoms with Crippen LogP contribution in [-0.4, -0.2) is 31.1 Å². The number of sulfonamides is 1. The van der Waals surface area contributed by atoms with Crippen molar-refractivity contribution in [3.05, 3.63) is 90.9 Å². The van der Waals surface area contributed by atoms with E-state index in [2.05, 4.69) is 25.9 Å². The topological polar surface area (TPSA) is 163 Å². The van der Waals surface area contributed by atoms with Gasteiger partial charge in [-0.25, -0.2) is 4.83 Å². The predicted octanol–water partition coefficient (Wildman–Crippen LogP) is 4.77. The first-order chi connectivity index (χ1) is 16.6. The van der Waals surface area contributed by atoms with E-state index in [4.69, 9.17) is 9.47 Å². The number of hydrazone groups is 1. The van der Waals surface area contributed by atoms with Gasteiger partial charge in [0.05, 0.1) is 38.1 Å². The molecule has 0 aromatic heterocycles. The zero-order chi connectivity index (χ0) is 25.6. The normalized spacial score (nSPS) is 11.3. The van der Waals surface area contributed by atoms with Gasteiger partial charge in [0.15, 0.2) is 11.5 Å². The minimum Gasteiger partial charge on any atom is -0.490 e. The molecule has 0 heterocycles. The maximum atomic E-state index is 12.3. The average molecular weight is 565 g/mol. The third-order valence-corrected chi connectivity index (χ3v) is 6.16. The lowest BCUT2D eigenvalue weighted by Gasteiger charge is -2.14. The van der Waals surface area contributed by atoms with E-state index in [0.29, 0.717) is 10.0 Å². The molecular formula is C21H17BrN4O8S. The predicted molar refractivity (Wildman–Crippen MR) is 129 cm³/mol. The highest BCUT2D eigenvalue weighted by atomic mass is 79.9. The molecule has 0 spiro atoms. The Morgan fingerprint density at radius 2 is 1.74 bits per heavy atom. The van der Waals surface area contributed by atoms with Crippen molar-refractivity contribution in [1.82, 2.24) is 4.83 Å². The zero-order valence-electron chi connectivity index (χ0n) is 18.0. The number of rotatable bonds is 10. The third-order valence-electron chi connectivity index (χ3n) is 4.33. The van der Waals surface area contributed by atoms with Gasteiger partial charge in [0.25, 0.3) is 15.7 Å². The molecule has 0 saturated carbocycles. The van der Waals surface area contributed by atoms with Crippen LogP contribution < -0.4 is 14.3 Å². The lowest BCUT2D eigenvalue weighted by molar-refractivity contribution is -0.394. The summed E-state index contributed by atoms with van der Waals surface area (Å²) in [5.74, 6) is 0.00648. The Morgan fingerprint density at radius 1 is 1.03 bits per heavy atom. The van der Waals surface area contributed by atoms with E-state index in [0.717, 1.165) is 18.2 Å². The molecule has 0 aliphatic rings. The number of nitro groups is 2. The minimum absolute atomic E-state index is 0.0433. The molecule has 35 heavy (non-hydrogen) atoms. The fraction of sp³-hybridized carbons (Fsp3) is 0.0952. The molecule has 0 saturated heterocycles. The van der Waals surface area contributed by atoms with Gasteiger partial charge >= 0.3 is 5.69 Å². The molecule has 0 unspecified atom stereocenters. The molecule has 0 bridgehead atoms. The molecule has 0 radical (unpaired) electrons. The van der Waals surface area contributed by atoms with Crippen LogP contribution in [0.2, 0.25) is 0 Å². The summed E-state index contributed by atoms with van der Waals surface area (Å²) < 4.78 is 36.2. The van der Waals surface area contributed by atoms with E-state index in [1.807, 2.05) is 0 Å². The van der Waals surface area contributed by atoms with E-state index in [1.54, 1.807) is 25.1 Å². The van der Waals surface area contributed by atoms with Crippen LogP contribution in [0.25, 0.3) is 0 Å². The Balaban J connectivity index is 1.91. The first-order valence-corrected chi connectivity index (χ1v) is 12.1. The molecule has 14 heteroatoms. The van der Waals surface area contributed by atoms with E-state index < -0.39 is 31.2 Å². The first kappa shape index (κ1) is 25.6. The van der Waals surface area contributed by atoms with Crippen LogP contribution in [0.1, 0.15) is 12.5 Å². The number of hydrogen-bond donors (Lipinski definition) is 1. The van der Waals surface area contributed by atoms with E-state index in [-0.39, 0.29) is 28.8 Å². The van der Waals surface area contributed by atoms with Crippen LogP contribution in [0.3, 0.4) is 0 Å². The van der Waals surface area contributed by atoms with Gasteiger partial charge < -0.3 is 9.47 Å². The second-order valence-electron chi connectivity index (χ2n) is 6.70. The van der Waals surface area contributed by atoms with Gasteiger partial charge in [0.2, 0.25) is 5.75 Å². The van der Waals surface area contributed by atoms with Crippen LogP contribution in [0.4, 0.5) is 11.4 Å². The molecule has 12 nitrogen and oxygen atoms in total. The fourth-order valence-electron chi connectivity index (χ4n) is 2.81. The number of halogens is 1. The molecule has 0 amide bonds. The number of nitrogens with zero attached hydrogens (tertiary/aromatic N) is 3. The Labute approximate surface area is 207 Å². The Hall–Kier alpha value is -4.04. The smallest absolute Gasteiger partial charge is 0.318 e.